The zero-order valence-electron chi connectivity index (χ0n) is 13.8. The summed E-state index contributed by atoms with van der Waals surface area (Å²) in [4.78, 5) is 4.37. The van der Waals surface area contributed by atoms with Crippen LogP contribution >= 0.6 is 0 Å². The topological polar surface area (TPSA) is 94.6 Å². The van der Waals surface area contributed by atoms with Gasteiger partial charge in [-0.2, -0.15) is 4.31 Å². The molecule has 1 aromatic carbocycles. The van der Waals surface area contributed by atoms with Gasteiger partial charge in [0.1, 0.15) is 0 Å². The molecular weight excluding hydrogens is 328 g/mol. The van der Waals surface area contributed by atoms with Crippen molar-refractivity contribution in [2.75, 3.05) is 25.1 Å². The number of hydrogen-bond donors (Lipinski definition) is 3. The number of nitrogens with zero attached hydrogens (tertiary/aromatic N) is 2. The monoisotopic (exact) mass is 350 g/mol. The summed E-state index contributed by atoms with van der Waals surface area (Å²) in [5.41, 5.74) is 2.80. The summed E-state index contributed by atoms with van der Waals surface area (Å²) < 4.78 is 28.2. The number of rotatable bonds is 3. The first-order valence-electron chi connectivity index (χ1n) is 7.98. The molecule has 0 amide bonds. The molecule has 7 nitrogen and oxygen atoms in total. The Morgan fingerprint density at radius 2 is 2.21 bits per heavy atom. The number of benzene rings is 1. The molecular formula is C16H22N4O3S. The molecule has 1 atom stereocenters. The molecule has 1 aliphatic rings. The van der Waals surface area contributed by atoms with Crippen LogP contribution < -0.4 is 10.8 Å². The van der Waals surface area contributed by atoms with E-state index >= 15 is 0 Å². The van der Waals surface area contributed by atoms with E-state index in [0.717, 1.165) is 18.5 Å². The van der Waals surface area contributed by atoms with Crippen molar-refractivity contribution in [3.8, 4) is 0 Å². The van der Waals surface area contributed by atoms with Gasteiger partial charge < -0.3 is 5.32 Å². The maximum atomic E-state index is 13.3. The fourth-order valence-electron chi connectivity index (χ4n) is 3.21. The number of sulfonamides is 1. The van der Waals surface area contributed by atoms with Gasteiger partial charge in [-0.25, -0.2) is 13.4 Å². The molecule has 2 aromatic rings. The molecule has 1 unspecified atom stereocenters. The van der Waals surface area contributed by atoms with Crippen molar-refractivity contribution in [1.82, 2.24) is 14.6 Å². The Balaban J connectivity index is 2.21. The molecule has 2 heterocycles. The Morgan fingerprint density at radius 1 is 1.42 bits per heavy atom. The molecule has 1 saturated heterocycles. The lowest BCUT2D eigenvalue weighted by Crippen LogP contribution is -2.41. The number of anilines is 1. The summed E-state index contributed by atoms with van der Waals surface area (Å²) in [6.45, 7) is 5.67. The molecule has 0 radical (unpaired) electrons. The van der Waals surface area contributed by atoms with E-state index in [1.54, 1.807) is 28.7 Å². The fraction of sp³-hybridized carbons (Fsp3) is 0.438. The Hall–Kier alpha value is -1.74. The van der Waals surface area contributed by atoms with Gasteiger partial charge in [-0.1, -0.05) is 12.1 Å². The van der Waals surface area contributed by atoms with E-state index in [2.05, 4.69) is 10.3 Å². The second-order valence-corrected chi connectivity index (χ2v) is 7.96. The number of nitrogens with one attached hydrogen (secondary N) is 2. The van der Waals surface area contributed by atoms with E-state index < -0.39 is 10.0 Å². The van der Waals surface area contributed by atoms with Crippen LogP contribution in [0.2, 0.25) is 0 Å². The largest absolute Gasteiger partial charge is 0.315 e. The zero-order valence-corrected chi connectivity index (χ0v) is 14.6. The number of aromatic nitrogens is 1. The van der Waals surface area contributed by atoms with Crippen molar-refractivity contribution in [3.63, 3.8) is 0 Å². The van der Waals surface area contributed by atoms with Crippen LogP contribution in [0, 0.1) is 6.92 Å². The van der Waals surface area contributed by atoms with E-state index in [4.69, 9.17) is 0 Å². The van der Waals surface area contributed by atoms with Crippen LogP contribution in [-0.4, -0.2) is 48.6 Å². The normalized spacial score (nSPS) is 20.0. The fourth-order valence-corrected chi connectivity index (χ4v) is 5.16. The molecule has 0 saturated carbocycles. The number of pyridine rings is 1. The zero-order chi connectivity index (χ0) is 17.3. The Kier molecular flexibility index (Phi) is 4.73. The highest BCUT2D eigenvalue weighted by molar-refractivity contribution is 7.89. The number of hydrogen-bond acceptors (Lipinski definition) is 6. The minimum atomic E-state index is -3.65. The Morgan fingerprint density at radius 3 is 2.96 bits per heavy atom. The van der Waals surface area contributed by atoms with E-state index in [9.17, 15) is 13.6 Å². The summed E-state index contributed by atoms with van der Waals surface area (Å²) in [6, 6.07) is 4.93. The van der Waals surface area contributed by atoms with Crippen LogP contribution in [0.1, 0.15) is 18.9 Å². The minimum Gasteiger partial charge on any atom is -0.315 e. The molecule has 1 aliphatic heterocycles. The lowest BCUT2D eigenvalue weighted by Gasteiger charge is -2.27. The second-order valence-electron chi connectivity index (χ2n) is 6.10. The highest BCUT2D eigenvalue weighted by atomic mass is 32.2. The van der Waals surface area contributed by atoms with Crippen molar-refractivity contribution in [2.45, 2.75) is 31.2 Å². The molecule has 0 spiro atoms. The molecule has 24 heavy (non-hydrogen) atoms. The quantitative estimate of drug-likeness (QED) is 0.730. The minimum absolute atomic E-state index is 0.120. The lowest BCUT2D eigenvalue weighted by molar-refractivity contribution is 0.353. The van der Waals surface area contributed by atoms with Gasteiger partial charge in [-0.15, -0.1) is 0 Å². The predicted molar refractivity (Wildman–Crippen MR) is 92.7 cm³/mol. The lowest BCUT2D eigenvalue weighted by atomic mass is 10.1. The van der Waals surface area contributed by atoms with Crippen LogP contribution in [0.15, 0.2) is 29.3 Å². The van der Waals surface area contributed by atoms with Gasteiger partial charge in [-0.05, 0) is 38.4 Å². The maximum Gasteiger partial charge on any atom is 0.243 e. The summed E-state index contributed by atoms with van der Waals surface area (Å²) >= 11 is 0. The molecule has 0 bridgehead atoms. The first kappa shape index (κ1) is 17.1. The van der Waals surface area contributed by atoms with Crippen LogP contribution in [0.3, 0.4) is 0 Å². The molecule has 8 heteroatoms. The van der Waals surface area contributed by atoms with E-state index in [0.29, 0.717) is 23.9 Å². The van der Waals surface area contributed by atoms with Gasteiger partial charge in [0.15, 0.2) is 5.82 Å². The van der Waals surface area contributed by atoms with Crippen LogP contribution in [0.5, 0.6) is 0 Å². The number of aryl methyl sites for hydroxylation is 1. The maximum absolute atomic E-state index is 13.3. The third-order valence-electron chi connectivity index (χ3n) is 4.42. The van der Waals surface area contributed by atoms with Crippen LogP contribution in [0.4, 0.5) is 5.82 Å². The average Bonchev–Trinajstić information content (AvgIpc) is 2.79. The van der Waals surface area contributed by atoms with Gasteiger partial charge in [-0.3, -0.25) is 10.7 Å². The third-order valence-corrected chi connectivity index (χ3v) is 6.47. The van der Waals surface area contributed by atoms with Crippen molar-refractivity contribution < 1.29 is 13.6 Å². The second kappa shape index (κ2) is 6.64. The van der Waals surface area contributed by atoms with E-state index in [1.807, 2.05) is 19.3 Å². The average molecular weight is 350 g/mol. The molecule has 3 rings (SSSR count). The molecule has 3 N–H and O–H groups in total. The Labute approximate surface area is 141 Å². The highest BCUT2D eigenvalue weighted by Crippen LogP contribution is 2.32. The summed E-state index contributed by atoms with van der Waals surface area (Å²) in [5.74, 6) is 0.248. The third kappa shape index (κ3) is 2.86. The summed E-state index contributed by atoms with van der Waals surface area (Å²) in [6.07, 6.45) is 2.34. The summed E-state index contributed by atoms with van der Waals surface area (Å²) in [5, 5.41) is 13.7. The van der Waals surface area contributed by atoms with Gasteiger partial charge in [0, 0.05) is 36.1 Å². The van der Waals surface area contributed by atoms with Crippen molar-refractivity contribution >= 4 is 26.6 Å². The SMILES string of the molecule is Cc1cnc(NO)c2cccc(S(=O)(=O)N3CCCNCC3C)c12. The van der Waals surface area contributed by atoms with Crippen LogP contribution in [0.25, 0.3) is 10.8 Å². The number of fused-ring (bicyclic) bond motifs is 1. The van der Waals surface area contributed by atoms with Crippen molar-refractivity contribution in [1.29, 1.82) is 0 Å². The molecule has 0 aliphatic carbocycles. The van der Waals surface area contributed by atoms with Gasteiger partial charge in [0.25, 0.3) is 0 Å². The Bertz CT molecular complexity index is 854. The van der Waals surface area contributed by atoms with Gasteiger partial charge in [0.05, 0.1) is 4.90 Å². The van der Waals surface area contributed by atoms with E-state index in [-0.39, 0.29) is 16.8 Å². The first-order chi connectivity index (χ1) is 11.5. The van der Waals surface area contributed by atoms with Gasteiger partial charge >= 0.3 is 0 Å². The molecule has 1 aromatic heterocycles. The van der Waals surface area contributed by atoms with Gasteiger partial charge in [0.2, 0.25) is 10.0 Å². The standard InChI is InChI=1S/C16H22N4O3S/c1-11-9-18-16(19-21)13-5-3-6-14(15(11)13)24(22,23)20-8-4-7-17-10-12(20)2/h3,5-6,9,12,17,21H,4,7-8,10H2,1-2H3,(H,18,19). The van der Waals surface area contributed by atoms with Crippen molar-refractivity contribution in [2.24, 2.45) is 0 Å². The first-order valence-corrected chi connectivity index (χ1v) is 9.42. The molecule has 1 fully saturated rings. The highest BCUT2D eigenvalue weighted by Gasteiger charge is 2.31. The smallest absolute Gasteiger partial charge is 0.243 e. The van der Waals surface area contributed by atoms with E-state index in [1.165, 1.54) is 0 Å². The van der Waals surface area contributed by atoms with Crippen LogP contribution in [-0.2, 0) is 10.0 Å². The van der Waals surface area contributed by atoms with Crippen molar-refractivity contribution in [3.05, 3.63) is 30.0 Å². The molecule has 130 valence electrons. The predicted octanol–water partition coefficient (Wildman–Crippen LogP) is 1.72. The summed E-state index contributed by atoms with van der Waals surface area (Å²) in [7, 11) is -3.65.